The third-order valence-corrected chi connectivity index (χ3v) is 3.56. The molecule has 0 aliphatic rings. The lowest BCUT2D eigenvalue weighted by atomic mass is 10.2. The van der Waals surface area contributed by atoms with E-state index >= 15 is 0 Å². The Bertz CT molecular complexity index is 486. The van der Waals surface area contributed by atoms with Crippen LogP contribution in [0.5, 0.6) is 6.01 Å². The molecule has 1 aromatic rings. The Morgan fingerprint density at radius 1 is 1.22 bits per heavy atom. The van der Waals surface area contributed by atoms with Gasteiger partial charge in [-0.2, -0.15) is 9.97 Å². The highest BCUT2D eigenvalue weighted by Crippen LogP contribution is 2.26. The van der Waals surface area contributed by atoms with Gasteiger partial charge in [-0.15, -0.1) is 11.6 Å². The summed E-state index contributed by atoms with van der Waals surface area (Å²) in [4.78, 5) is 12.9. The Balaban J connectivity index is 2.78. The zero-order valence-electron chi connectivity index (χ0n) is 14.3. The second kappa shape index (κ2) is 11.0. The van der Waals surface area contributed by atoms with Gasteiger partial charge in [0.05, 0.1) is 19.4 Å². The molecule has 2 N–H and O–H groups in total. The lowest BCUT2D eigenvalue weighted by molar-refractivity contribution is 0.285. The minimum atomic E-state index is 0.300. The Kier molecular flexibility index (Phi) is 9.36. The van der Waals surface area contributed by atoms with Gasteiger partial charge in [-0.3, -0.25) is 0 Å². The predicted molar refractivity (Wildman–Crippen MR) is 94.9 cm³/mol. The molecule has 130 valence electrons. The average molecular weight is 343 g/mol. The monoisotopic (exact) mass is 342 g/mol. The van der Waals surface area contributed by atoms with E-state index < -0.39 is 0 Å². The first-order valence-electron chi connectivity index (χ1n) is 8.06. The van der Waals surface area contributed by atoms with Crippen molar-refractivity contribution in [1.82, 2.24) is 9.97 Å². The Morgan fingerprint density at radius 2 is 2.00 bits per heavy atom. The number of nitrogens with two attached hydrogens (primary N) is 1. The number of nitrogens with zero attached hydrogens (tertiary/aromatic N) is 3. The van der Waals surface area contributed by atoms with Crippen molar-refractivity contribution in [3.05, 3.63) is 5.69 Å². The summed E-state index contributed by atoms with van der Waals surface area (Å²) >= 11 is 5.68. The first-order valence-corrected chi connectivity index (χ1v) is 8.60. The predicted octanol–water partition coefficient (Wildman–Crippen LogP) is 4.02. The van der Waals surface area contributed by atoms with Crippen LogP contribution in [0.25, 0.3) is 0 Å². The summed E-state index contributed by atoms with van der Waals surface area (Å²) in [5, 5.41) is 0. The van der Waals surface area contributed by atoms with Crippen molar-refractivity contribution in [3.8, 4) is 6.01 Å². The smallest absolute Gasteiger partial charge is 0.318 e. The van der Waals surface area contributed by atoms with Gasteiger partial charge in [-0.1, -0.05) is 19.8 Å². The maximum atomic E-state index is 5.99. The van der Waals surface area contributed by atoms with Gasteiger partial charge in [-0.25, -0.2) is 4.99 Å². The number of alkyl halides is 1. The zero-order chi connectivity index (χ0) is 17.1. The quantitative estimate of drug-likeness (QED) is 0.300. The Hall–Kier alpha value is -1.56. The molecule has 0 aliphatic heterocycles. The molecule has 0 unspecified atom stereocenters. The number of ether oxygens (including phenoxy) is 2. The van der Waals surface area contributed by atoms with Crippen molar-refractivity contribution in [2.75, 3.05) is 25.3 Å². The van der Waals surface area contributed by atoms with Gasteiger partial charge in [0.15, 0.2) is 11.7 Å². The van der Waals surface area contributed by atoms with Crippen molar-refractivity contribution in [1.29, 1.82) is 0 Å². The first kappa shape index (κ1) is 19.5. The number of aryl methyl sites for hydroxylation is 1. The van der Waals surface area contributed by atoms with Crippen LogP contribution < -0.4 is 10.5 Å². The fourth-order valence-electron chi connectivity index (χ4n) is 1.95. The van der Waals surface area contributed by atoms with Gasteiger partial charge in [-0.05, 0) is 26.2 Å². The van der Waals surface area contributed by atoms with Gasteiger partial charge in [0, 0.05) is 12.3 Å². The fourth-order valence-corrected chi connectivity index (χ4v) is 2.14. The van der Waals surface area contributed by atoms with Crippen LogP contribution in [0.15, 0.2) is 4.99 Å². The van der Waals surface area contributed by atoms with Crippen molar-refractivity contribution < 1.29 is 9.47 Å². The molecule has 0 aliphatic carbocycles. The summed E-state index contributed by atoms with van der Waals surface area (Å²) < 4.78 is 10.8. The molecular weight excluding hydrogens is 316 g/mol. The van der Waals surface area contributed by atoms with Gasteiger partial charge in [0.1, 0.15) is 5.69 Å². The van der Waals surface area contributed by atoms with E-state index in [1.54, 1.807) is 7.11 Å². The van der Waals surface area contributed by atoms with Gasteiger partial charge < -0.3 is 15.2 Å². The van der Waals surface area contributed by atoms with E-state index in [9.17, 15) is 0 Å². The van der Waals surface area contributed by atoms with E-state index in [0.29, 0.717) is 41.6 Å². The van der Waals surface area contributed by atoms with Gasteiger partial charge in [0.2, 0.25) is 0 Å². The van der Waals surface area contributed by atoms with Crippen LogP contribution >= 0.6 is 11.6 Å². The molecule has 0 fully saturated rings. The largest absolute Gasteiger partial charge is 0.484 e. The number of rotatable bonds is 10. The maximum Gasteiger partial charge on any atom is 0.318 e. The molecule has 0 saturated carbocycles. The third-order valence-electron chi connectivity index (χ3n) is 3.29. The lowest BCUT2D eigenvalue weighted by Gasteiger charge is -2.10. The van der Waals surface area contributed by atoms with E-state index in [0.717, 1.165) is 38.5 Å². The van der Waals surface area contributed by atoms with Crippen LogP contribution in [0.1, 0.15) is 51.1 Å². The average Bonchev–Trinajstić information content (AvgIpc) is 2.53. The van der Waals surface area contributed by atoms with Crippen molar-refractivity contribution in [2.45, 2.75) is 52.4 Å². The Morgan fingerprint density at radius 3 is 2.61 bits per heavy atom. The van der Waals surface area contributed by atoms with Crippen molar-refractivity contribution in [2.24, 2.45) is 4.99 Å². The lowest BCUT2D eigenvalue weighted by Crippen LogP contribution is -2.06. The van der Waals surface area contributed by atoms with Crippen LogP contribution in [0.4, 0.5) is 11.5 Å². The molecule has 0 atom stereocenters. The standard InChI is InChI=1S/C16H27ClN4O2/c1-4-5-11-23-16-19-12(2)14(15(18)21-16)20-13(22-3)9-7-6-8-10-17/h4-11H2,1-3H3,(H2,18,19,21)/b20-13+. The number of unbranched alkanes of at least 4 members (excludes halogenated alkanes) is 3. The van der Waals surface area contributed by atoms with E-state index in [1.165, 1.54) is 0 Å². The second-order valence-corrected chi connectivity index (χ2v) is 5.61. The van der Waals surface area contributed by atoms with Crippen LogP contribution in [0.2, 0.25) is 0 Å². The minimum absolute atomic E-state index is 0.300. The second-order valence-electron chi connectivity index (χ2n) is 5.24. The highest BCUT2D eigenvalue weighted by molar-refractivity contribution is 6.17. The number of hydrogen-bond acceptors (Lipinski definition) is 6. The van der Waals surface area contributed by atoms with Crippen LogP contribution in [0.3, 0.4) is 0 Å². The van der Waals surface area contributed by atoms with Crippen LogP contribution in [-0.2, 0) is 4.74 Å². The number of anilines is 1. The molecule has 0 spiro atoms. The van der Waals surface area contributed by atoms with Crippen LogP contribution in [-0.4, -0.2) is 35.5 Å². The summed E-state index contributed by atoms with van der Waals surface area (Å²) in [7, 11) is 1.61. The number of hydrogen-bond donors (Lipinski definition) is 1. The highest BCUT2D eigenvalue weighted by Gasteiger charge is 2.11. The van der Waals surface area contributed by atoms with Crippen molar-refractivity contribution in [3.63, 3.8) is 0 Å². The van der Waals surface area contributed by atoms with Crippen molar-refractivity contribution >= 4 is 29.0 Å². The van der Waals surface area contributed by atoms with E-state index in [2.05, 4.69) is 21.9 Å². The number of aromatic nitrogens is 2. The summed E-state index contributed by atoms with van der Waals surface area (Å²) in [5.41, 5.74) is 7.22. The molecule has 0 amide bonds. The molecule has 23 heavy (non-hydrogen) atoms. The normalized spacial score (nSPS) is 11.6. The zero-order valence-corrected chi connectivity index (χ0v) is 15.0. The summed E-state index contributed by atoms with van der Waals surface area (Å²) in [6.45, 7) is 4.52. The molecule has 0 saturated heterocycles. The van der Waals surface area contributed by atoms with E-state index in [4.69, 9.17) is 26.8 Å². The summed E-state index contributed by atoms with van der Waals surface area (Å²) in [6, 6.07) is 0.300. The third kappa shape index (κ3) is 7.03. The highest BCUT2D eigenvalue weighted by atomic mass is 35.5. The molecule has 1 heterocycles. The molecular formula is C16H27ClN4O2. The number of aliphatic imine (C=N–C) groups is 1. The maximum absolute atomic E-state index is 5.99. The Labute approximate surface area is 143 Å². The molecule has 1 rings (SSSR count). The first-order chi connectivity index (χ1) is 11.1. The molecule has 0 aromatic carbocycles. The topological polar surface area (TPSA) is 82.6 Å². The van der Waals surface area contributed by atoms with Gasteiger partial charge >= 0.3 is 6.01 Å². The number of nitrogen functional groups attached to an aromatic ring is 1. The SMILES string of the molecule is CCCCOc1nc(C)c(/N=C(\CCCCCCl)OC)c(N)n1. The molecule has 6 nitrogen and oxygen atoms in total. The summed E-state index contributed by atoms with van der Waals surface area (Å²) in [5.74, 6) is 1.61. The molecule has 0 bridgehead atoms. The molecule has 7 heteroatoms. The van der Waals surface area contributed by atoms with Gasteiger partial charge in [0.25, 0.3) is 0 Å². The minimum Gasteiger partial charge on any atom is -0.484 e. The number of methoxy groups -OCH3 is 1. The number of halogens is 1. The van der Waals surface area contributed by atoms with Crippen LogP contribution in [0, 0.1) is 6.92 Å². The molecule has 0 radical (unpaired) electrons. The summed E-state index contributed by atoms with van der Waals surface area (Å²) in [6.07, 6.45) is 5.75. The van der Waals surface area contributed by atoms with E-state index in [1.807, 2.05) is 6.92 Å². The molecule has 1 aromatic heterocycles. The fraction of sp³-hybridized carbons (Fsp3) is 0.688. The van der Waals surface area contributed by atoms with E-state index in [-0.39, 0.29) is 0 Å².